The Morgan fingerprint density at radius 1 is 1.36 bits per heavy atom. The summed E-state index contributed by atoms with van der Waals surface area (Å²) < 4.78 is 0. The molecule has 0 fully saturated rings. The molecular weight excluding hydrogens is 176 g/mol. The Kier molecular flexibility index (Phi) is 2.28. The summed E-state index contributed by atoms with van der Waals surface area (Å²) in [5.74, 6) is 0.396. The number of hydrogen-bond donors (Lipinski definition) is 1. The summed E-state index contributed by atoms with van der Waals surface area (Å²) in [6.45, 7) is 2.05. The third-order valence-corrected chi connectivity index (χ3v) is 2.84. The number of phenols is 1. The topological polar surface area (TPSA) is 37.3 Å². The minimum absolute atomic E-state index is 0.178. The first-order valence-corrected chi connectivity index (χ1v) is 5.10. The minimum atomic E-state index is 0.178. The third kappa shape index (κ3) is 1.41. The van der Waals surface area contributed by atoms with Crippen molar-refractivity contribution >= 4 is 5.78 Å². The van der Waals surface area contributed by atoms with Crippen molar-refractivity contribution < 1.29 is 9.90 Å². The van der Waals surface area contributed by atoms with Crippen LogP contribution in [0.1, 0.15) is 41.3 Å². The van der Waals surface area contributed by atoms with Crippen LogP contribution >= 0.6 is 0 Å². The average molecular weight is 190 g/mol. The number of aryl methyl sites for hydroxylation is 1. The van der Waals surface area contributed by atoms with E-state index in [4.69, 9.17) is 0 Å². The number of aromatic hydroxyl groups is 1. The van der Waals surface area contributed by atoms with Crippen molar-refractivity contribution in [3.63, 3.8) is 0 Å². The smallest absolute Gasteiger partial charge is 0.163 e. The molecule has 1 N–H and O–H groups in total. The highest BCUT2D eigenvalue weighted by Crippen LogP contribution is 2.28. The van der Waals surface area contributed by atoms with Gasteiger partial charge in [-0.3, -0.25) is 4.79 Å². The van der Waals surface area contributed by atoms with Crippen LogP contribution in [0.15, 0.2) is 12.1 Å². The number of carbonyl (C=O) groups is 1. The SMILES string of the molecule is CCc1cc(O)cc2c1CCCC2=O. The normalized spacial score (nSPS) is 15.4. The summed E-state index contributed by atoms with van der Waals surface area (Å²) in [5, 5.41) is 9.47. The molecule has 0 amide bonds. The second-order valence-electron chi connectivity index (χ2n) is 3.76. The van der Waals surface area contributed by atoms with Crippen LogP contribution in [0.5, 0.6) is 5.75 Å². The molecule has 0 bridgehead atoms. The quantitative estimate of drug-likeness (QED) is 0.738. The van der Waals surface area contributed by atoms with Gasteiger partial charge in [-0.15, -0.1) is 0 Å². The second kappa shape index (κ2) is 3.45. The fourth-order valence-electron chi connectivity index (χ4n) is 2.14. The zero-order valence-electron chi connectivity index (χ0n) is 8.34. The second-order valence-corrected chi connectivity index (χ2v) is 3.76. The van der Waals surface area contributed by atoms with Gasteiger partial charge in [0, 0.05) is 12.0 Å². The van der Waals surface area contributed by atoms with Gasteiger partial charge in [-0.1, -0.05) is 6.92 Å². The summed E-state index contributed by atoms with van der Waals surface area (Å²) in [6, 6.07) is 3.38. The van der Waals surface area contributed by atoms with E-state index in [0.29, 0.717) is 6.42 Å². The van der Waals surface area contributed by atoms with E-state index < -0.39 is 0 Å². The first-order valence-electron chi connectivity index (χ1n) is 5.10. The lowest BCUT2D eigenvalue weighted by molar-refractivity contribution is 0.0972. The molecule has 0 aromatic heterocycles. The summed E-state index contributed by atoms with van der Waals surface area (Å²) in [5.41, 5.74) is 3.02. The minimum Gasteiger partial charge on any atom is -0.508 e. The van der Waals surface area contributed by atoms with Gasteiger partial charge in [0.05, 0.1) is 0 Å². The molecule has 0 heterocycles. The number of Topliss-reactive ketones (excluding diaryl/α,β-unsaturated/α-hetero) is 1. The van der Waals surface area contributed by atoms with E-state index in [1.54, 1.807) is 12.1 Å². The molecule has 14 heavy (non-hydrogen) atoms. The lowest BCUT2D eigenvalue weighted by Crippen LogP contribution is -2.12. The number of ketones is 1. The van der Waals surface area contributed by atoms with Crippen LogP contribution in [-0.2, 0) is 12.8 Å². The van der Waals surface area contributed by atoms with Crippen LogP contribution in [-0.4, -0.2) is 10.9 Å². The highest BCUT2D eigenvalue weighted by Gasteiger charge is 2.19. The van der Waals surface area contributed by atoms with Gasteiger partial charge in [-0.05, 0) is 42.5 Å². The molecule has 0 saturated carbocycles. The van der Waals surface area contributed by atoms with E-state index >= 15 is 0 Å². The van der Waals surface area contributed by atoms with E-state index in [1.165, 1.54) is 0 Å². The van der Waals surface area contributed by atoms with E-state index in [2.05, 4.69) is 0 Å². The first-order chi connectivity index (χ1) is 6.72. The molecule has 1 aromatic carbocycles. The summed E-state index contributed by atoms with van der Waals surface area (Å²) in [4.78, 5) is 11.6. The van der Waals surface area contributed by atoms with Gasteiger partial charge in [0.1, 0.15) is 5.75 Å². The number of benzene rings is 1. The summed E-state index contributed by atoms with van der Waals surface area (Å²) >= 11 is 0. The molecule has 0 saturated heterocycles. The largest absolute Gasteiger partial charge is 0.508 e. The Bertz CT molecular complexity index is 380. The van der Waals surface area contributed by atoms with Crippen molar-refractivity contribution in [2.75, 3.05) is 0 Å². The Morgan fingerprint density at radius 3 is 2.86 bits per heavy atom. The van der Waals surface area contributed by atoms with Gasteiger partial charge in [0.15, 0.2) is 5.78 Å². The summed E-state index contributed by atoms with van der Waals surface area (Å²) in [7, 11) is 0. The Labute approximate surface area is 83.6 Å². The van der Waals surface area contributed by atoms with Gasteiger partial charge in [-0.25, -0.2) is 0 Å². The van der Waals surface area contributed by atoms with Crippen LogP contribution in [0.2, 0.25) is 0 Å². The fourth-order valence-corrected chi connectivity index (χ4v) is 2.14. The lowest BCUT2D eigenvalue weighted by atomic mass is 9.86. The molecule has 74 valence electrons. The maximum absolute atomic E-state index is 11.6. The van der Waals surface area contributed by atoms with E-state index in [-0.39, 0.29) is 11.5 Å². The fraction of sp³-hybridized carbons (Fsp3) is 0.417. The van der Waals surface area contributed by atoms with Crippen molar-refractivity contribution in [1.29, 1.82) is 0 Å². The molecule has 0 spiro atoms. The van der Waals surface area contributed by atoms with Crippen molar-refractivity contribution in [1.82, 2.24) is 0 Å². The number of rotatable bonds is 1. The Balaban J connectivity index is 2.60. The molecule has 2 nitrogen and oxygen atoms in total. The number of hydrogen-bond acceptors (Lipinski definition) is 2. The predicted molar refractivity (Wildman–Crippen MR) is 54.8 cm³/mol. The molecule has 1 aliphatic rings. The molecule has 0 atom stereocenters. The highest BCUT2D eigenvalue weighted by atomic mass is 16.3. The number of phenolic OH excluding ortho intramolecular Hbond substituents is 1. The van der Waals surface area contributed by atoms with Crippen LogP contribution < -0.4 is 0 Å². The van der Waals surface area contributed by atoms with Crippen molar-refractivity contribution in [3.8, 4) is 5.75 Å². The van der Waals surface area contributed by atoms with E-state index in [0.717, 1.165) is 36.0 Å². The maximum Gasteiger partial charge on any atom is 0.163 e. The molecular formula is C12H14O2. The van der Waals surface area contributed by atoms with Crippen LogP contribution in [0, 0.1) is 0 Å². The van der Waals surface area contributed by atoms with Gasteiger partial charge >= 0.3 is 0 Å². The van der Waals surface area contributed by atoms with Gasteiger partial charge < -0.3 is 5.11 Å². The number of carbonyl (C=O) groups excluding carboxylic acids is 1. The first kappa shape index (κ1) is 9.25. The average Bonchev–Trinajstić information content (AvgIpc) is 2.18. The predicted octanol–water partition coefficient (Wildman–Crippen LogP) is 2.47. The standard InChI is InChI=1S/C12H14O2/c1-2-8-6-9(13)7-11-10(8)4-3-5-12(11)14/h6-7,13H,2-5H2,1H3. The van der Waals surface area contributed by atoms with Gasteiger partial charge in [0.2, 0.25) is 0 Å². The van der Waals surface area contributed by atoms with E-state index in [1.807, 2.05) is 6.92 Å². The Hall–Kier alpha value is -1.31. The lowest BCUT2D eigenvalue weighted by Gasteiger charge is -2.18. The molecule has 0 aliphatic heterocycles. The third-order valence-electron chi connectivity index (χ3n) is 2.84. The molecule has 1 aliphatic carbocycles. The van der Waals surface area contributed by atoms with Crippen molar-refractivity contribution in [2.24, 2.45) is 0 Å². The maximum atomic E-state index is 11.6. The zero-order chi connectivity index (χ0) is 10.1. The Morgan fingerprint density at radius 2 is 2.14 bits per heavy atom. The number of fused-ring (bicyclic) bond motifs is 1. The van der Waals surface area contributed by atoms with E-state index in [9.17, 15) is 9.90 Å². The molecule has 1 aromatic rings. The molecule has 0 unspecified atom stereocenters. The van der Waals surface area contributed by atoms with Crippen molar-refractivity contribution in [3.05, 3.63) is 28.8 Å². The summed E-state index contributed by atoms with van der Waals surface area (Å²) in [6.07, 6.45) is 3.43. The molecule has 2 heteroatoms. The monoisotopic (exact) mass is 190 g/mol. The molecule has 0 radical (unpaired) electrons. The van der Waals surface area contributed by atoms with Gasteiger partial charge in [-0.2, -0.15) is 0 Å². The highest BCUT2D eigenvalue weighted by molar-refractivity contribution is 5.99. The van der Waals surface area contributed by atoms with Crippen LogP contribution in [0.4, 0.5) is 0 Å². The van der Waals surface area contributed by atoms with Crippen molar-refractivity contribution in [2.45, 2.75) is 32.6 Å². The van der Waals surface area contributed by atoms with Crippen LogP contribution in [0.3, 0.4) is 0 Å². The zero-order valence-corrected chi connectivity index (χ0v) is 8.34. The van der Waals surface area contributed by atoms with Crippen LogP contribution in [0.25, 0.3) is 0 Å². The molecule has 2 rings (SSSR count). The van der Waals surface area contributed by atoms with Gasteiger partial charge in [0.25, 0.3) is 0 Å².